The van der Waals surface area contributed by atoms with Gasteiger partial charge in [0.25, 0.3) is 0 Å². The monoisotopic (exact) mass is 340 g/mol. The van der Waals surface area contributed by atoms with Gasteiger partial charge in [-0.1, -0.05) is 17.7 Å². The first-order chi connectivity index (χ1) is 11.4. The summed E-state index contributed by atoms with van der Waals surface area (Å²) in [6, 6.07) is 8.39. The van der Waals surface area contributed by atoms with E-state index < -0.39 is 17.5 Å². The van der Waals surface area contributed by atoms with E-state index in [0.29, 0.717) is 15.9 Å². The molecule has 1 aromatic carbocycles. The summed E-state index contributed by atoms with van der Waals surface area (Å²) >= 11 is 5.92. The molecule has 0 aliphatic heterocycles. The summed E-state index contributed by atoms with van der Waals surface area (Å²) in [5, 5.41) is 14.6. The number of nitriles is 1. The smallest absolute Gasteiger partial charge is 0.208 e. The number of rotatable bonds is 4. The number of hydrogen-bond donors (Lipinski definition) is 1. The van der Waals surface area contributed by atoms with Gasteiger partial charge in [0.2, 0.25) is 5.78 Å². The summed E-state index contributed by atoms with van der Waals surface area (Å²) < 4.78 is 1.53. The van der Waals surface area contributed by atoms with Crippen LogP contribution in [0.15, 0.2) is 30.5 Å². The van der Waals surface area contributed by atoms with Crippen molar-refractivity contribution < 1.29 is 9.59 Å². The van der Waals surface area contributed by atoms with Gasteiger partial charge in [-0.2, -0.15) is 10.4 Å². The second-order valence-electron chi connectivity index (χ2n) is 5.48. The number of fused-ring (bicyclic) bond motifs is 1. The molecule has 0 aliphatic rings. The van der Waals surface area contributed by atoms with Crippen LogP contribution < -0.4 is 0 Å². The van der Waals surface area contributed by atoms with Crippen LogP contribution in [0.1, 0.15) is 26.5 Å². The summed E-state index contributed by atoms with van der Waals surface area (Å²) in [7, 11) is 1.69. The highest BCUT2D eigenvalue weighted by Gasteiger charge is 2.31. The van der Waals surface area contributed by atoms with Crippen molar-refractivity contribution in [1.82, 2.24) is 14.8 Å². The zero-order valence-electron chi connectivity index (χ0n) is 13.0. The number of carbonyl (C=O) groups excluding carboxylic acids is 2. The van der Waals surface area contributed by atoms with Crippen LogP contribution in [-0.4, -0.2) is 26.3 Å². The normalized spacial score (nSPS) is 12.1. The van der Waals surface area contributed by atoms with Crippen molar-refractivity contribution in [2.45, 2.75) is 6.92 Å². The van der Waals surface area contributed by atoms with Gasteiger partial charge >= 0.3 is 0 Å². The van der Waals surface area contributed by atoms with Crippen LogP contribution in [0.4, 0.5) is 0 Å². The Bertz CT molecular complexity index is 990. The fourth-order valence-electron chi connectivity index (χ4n) is 2.52. The highest BCUT2D eigenvalue weighted by Crippen LogP contribution is 2.25. The molecule has 24 heavy (non-hydrogen) atoms. The van der Waals surface area contributed by atoms with Gasteiger partial charge in [0.05, 0.1) is 6.07 Å². The predicted molar refractivity (Wildman–Crippen MR) is 89.0 cm³/mol. The third-order valence-corrected chi connectivity index (χ3v) is 4.16. The minimum atomic E-state index is -1.44. The van der Waals surface area contributed by atoms with Crippen molar-refractivity contribution in [2.75, 3.05) is 0 Å². The fraction of sp³-hybridized carbons (Fsp3) is 0.176. The maximum atomic E-state index is 12.7. The van der Waals surface area contributed by atoms with Gasteiger partial charge in [-0.3, -0.25) is 14.3 Å². The van der Waals surface area contributed by atoms with Crippen LogP contribution in [0.5, 0.6) is 0 Å². The van der Waals surface area contributed by atoms with Gasteiger partial charge < -0.3 is 4.98 Å². The second-order valence-corrected chi connectivity index (χ2v) is 5.91. The molecule has 0 saturated heterocycles. The first-order valence-corrected chi connectivity index (χ1v) is 7.55. The van der Waals surface area contributed by atoms with Crippen LogP contribution in [0.2, 0.25) is 5.02 Å². The van der Waals surface area contributed by atoms with E-state index in [4.69, 9.17) is 11.6 Å². The maximum Gasteiger partial charge on any atom is 0.208 e. The lowest BCUT2D eigenvalue weighted by Crippen LogP contribution is -2.23. The molecule has 0 unspecified atom stereocenters. The van der Waals surface area contributed by atoms with Crippen molar-refractivity contribution in [2.24, 2.45) is 13.0 Å². The number of aromatic nitrogens is 3. The molecule has 2 aromatic heterocycles. The standard InChI is InChI=1S/C17H13ClN4O2/c1-9-5-15(21-22(9)2)17(24)12(7-19)16(23)13-8-20-14-6-10(18)3-4-11(13)14/h3-6,8,12,20H,1-2H3/t12-/m0/s1. The number of halogens is 1. The maximum absolute atomic E-state index is 12.7. The number of nitrogens with one attached hydrogen (secondary N) is 1. The van der Waals surface area contributed by atoms with Gasteiger partial charge in [0, 0.05) is 40.4 Å². The topological polar surface area (TPSA) is 91.5 Å². The lowest BCUT2D eigenvalue weighted by Gasteiger charge is -2.05. The van der Waals surface area contributed by atoms with E-state index in [1.165, 1.54) is 10.9 Å². The molecule has 7 heteroatoms. The van der Waals surface area contributed by atoms with Crippen molar-refractivity contribution >= 4 is 34.1 Å². The molecule has 0 saturated carbocycles. The molecule has 3 rings (SSSR count). The SMILES string of the molecule is Cc1cc(C(=O)[C@@H](C#N)C(=O)c2c[nH]c3cc(Cl)ccc23)nn1C. The molecule has 3 aromatic rings. The third kappa shape index (κ3) is 2.59. The van der Waals surface area contributed by atoms with Gasteiger partial charge in [0.15, 0.2) is 11.7 Å². The zero-order valence-corrected chi connectivity index (χ0v) is 13.8. The predicted octanol–water partition coefficient (Wildman–Crippen LogP) is 3.07. The molecule has 0 bridgehead atoms. The molecule has 0 amide bonds. The number of benzene rings is 1. The highest BCUT2D eigenvalue weighted by atomic mass is 35.5. The number of aromatic amines is 1. The Morgan fingerprint density at radius 1 is 1.33 bits per heavy atom. The molecule has 1 N–H and O–H groups in total. The van der Waals surface area contributed by atoms with Crippen molar-refractivity contribution in [3.8, 4) is 6.07 Å². The Hall–Kier alpha value is -2.91. The Morgan fingerprint density at radius 3 is 2.71 bits per heavy atom. The number of ketones is 2. The molecule has 0 fully saturated rings. The second kappa shape index (κ2) is 5.95. The quantitative estimate of drug-likeness (QED) is 0.583. The lowest BCUT2D eigenvalue weighted by molar-refractivity contribution is 0.0843. The molecular formula is C17H13ClN4O2. The largest absolute Gasteiger partial charge is 0.360 e. The number of carbonyl (C=O) groups is 2. The van der Waals surface area contributed by atoms with Crippen LogP contribution in [-0.2, 0) is 7.05 Å². The number of aryl methyl sites for hydroxylation is 2. The first kappa shape index (κ1) is 16.0. The van der Waals surface area contributed by atoms with E-state index in [0.717, 1.165) is 5.69 Å². The molecule has 0 radical (unpaired) electrons. The fourth-order valence-corrected chi connectivity index (χ4v) is 2.70. The van der Waals surface area contributed by atoms with Crippen LogP contribution >= 0.6 is 11.6 Å². The number of H-pyrrole nitrogens is 1. The number of nitrogens with zero attached hydrogens (tertiary/aromatic N) is 3. The van der Waals surface area contributed by atoms with E-state index in [1.807, 2.05) is 0 Å². The molecule has 0 spiro atoms. The summed E-state index contributed by atoms with van der Waals surface area (Å²) in [5.74, 6) is -2.59. The summed E-state index contributed by atoms with van der Waals surface area (Å²) in [6.07, 6.45) is 1.49. The summed E-state index contributed by atoms with van der Waals surface area (Å²) in [4.78, 5) is 28.2. The van der Waals surface area contributed by atoms with E-state index in [9.17, 15) is 14.9 Å². The Labute approximate surface area is 142 Å². The molecule has 0 aliphatic carbocycles. The molecule has 120 valence electrons. The Kier molecular flexibility index (Phi) is 3.96. The number of hydrogen-bond acceptors (Lipinski definition) is 4. The summed E-state index contributed by atoms with van der Waals surface area (Å²) in [5.41, 5.74) is 1.83. The third-order valence-electron chi connectivity index (χ3n) is 3.93. The Morgan fingerprint density at radius 2 is 2.08 bits per heavy atom. The first-order valence-electron chi connectivity index (χ1n) is 7.17. The van der Waals surface area contributed by atoms with Crippen molar-refractivity contribution in [3.63, 3.8) is 0 Å². The zero-order chi connectivity index (χ0) is 17.4. The minimum Gasteiger partial charge on any atom is -0.360 e. The van der Waals surface area contributed by atoms with Crippen molar-refractivity contribution in [1.29, 1.82) is 5.26 Å². The van der Waals surface area contributed by atoms with E-state index in [2.05, 4.69) is 10.1 Å². The number of Topliss-reactive ketones (excluding diaryl/α,β-unsaturated/α-hetero) is 2. The average Bonchev–Trinajstić information content (AvgIpc) is 3.11. The van der Waals surface area contributed by atoms with Crippen LogP contribution in [0.3, 0.4) is 0 Å². The van der Waals surface area contributed by atoms with Crippen LogP contribution in [0, 0.1) is 24.2 Å². The minimum absolute atomic E-state index is 0.109. The molecular weight excluding hydrogens is 328 g/mol. The van der Waals surface area contributed by atoms with E-state index in [-0.39, 0.29) is 11.3 Å². The molecule has 1 atom stereocenters. The van der Waals surface area contributed by atoms with Gasteiger partial charge in [0.1, 0.15) is 5.69 Å². The molecule has 2 heterocycles. The lowest BCUT2D eigenvalue weighted by atomic mass is 9.93. The molecule has 6 nitrogen and oxygen atoms in total. The van der Waals surface area contributed by atoms with Gasteiger partial charge in [-0.25, -0.2) is 0 Å². The van der Waals surface area contributed by atoms with Crippen molar-refractivity contribution in [3.05, 3.63) is 52.4 Å². The summed E-state index contributed by atoms with van der Waals surface area (Å²) in [6.45, 7) is 1.79. The van der Waals surface area contributed by atoms with E-state index >= 15 is 0 Å². The average molecular weight is 341 g/mol. The Balaban J connectivity index is 1.99. The highest BCUT2D eigenvalue weighted by molar-refractivity contribution is 6.31. The van der Waals surface area contributed by atoms with Gasteiger partial charge in [-0.15, -0.1) is 0 Å². The van der Waals surface area contributed by atoms with Crippen LogP contribution in [0.25, 0.3) is 10.9 Å². The van der Waals surface area contributed by atoms with Gasteiger partial charge in [-0.05, 0) is 25.1 Å². The van der Waals surface area contributed by atoms with E-state index in [1.54, 1.807) is 44.3 Å².